The quantitative estimate of drug-likeness (QED) is 0.742. The lowest BCUT2D eigenvalue weighted by atomic mass is 9.87. The average Bonchev–Trinajstić information content (AvgIpc) is 2.10. The fraction of sp³-hybridized carbons (Fsp3) is 0.833. The van der Waals surface area contributed by atoms with Crippen LogP contribution in [0.5, 0.6) is 0 Å². The third-order valence-electron chi connectivity index (χ3n) is 2.15. The molecule has 0 heterocycles. The van der Waals surface area contributed by atoms with Gasteiger partial charge in [-0.3, -0.25) is 4.79 Å². The van der Waals surface area contributed by atoms with Gasteiger partial charge in [0.15, 0.2) is 0 Å². The van der Waals surface area contributed by atoms with Gasteiger partial charge in [0.1, 0.15) is 0 Å². The van der Waals surface area contributed by atoms with Gasteiger partial charge < -0.3 is 11.1 Å². The first-order chi connectivity index (χ1) is 7.24. The van der Waals surface area contributed by atoms with E-state index in [4.69, 9.17) is 11.0 Å². The molecule has 0 aliphatic rings. The molecule has 0 rings (SSSR count). The number of hydrogen-bond acceptors (Lipinski definition) is 3. The Balaban J connectivity index is 3.84. The van der Waals surface area contributed by atoms with Crippen LogP contribution in [0.3, 0.4) is 0 Å². The van der Waals surface area contributed by atoms with E-state index in [1.54, 1.807) is 6.92 Å². The van der Waals surface area contributed by atoms with E-state index >= 15 is 0 Å². The lowest BCUT2D eigenvalue weighted by Crippen LogP contribution is -2.35. The summed E-state index contributed by atoms with van der Waals surface area (Å²) in [5.41, 5.74) is 6.01. The zero-order valence-corrected chi connectivity index (χ0v) is 10.7. The fourth-order valence-corrected chi connectivity index (χ4v) is 1.48. The first kappa shape index (κ1) is 14.9. The fourth-order valence-electron chi connectivity index (χ4n) is 1.48. The van der Waals surface area contributed by atoms with Crippen LogP contribution in [0.2, 0.25) is 0 Å². The molecule has 4 heteroatoms. The summed E-state index contributed by atoms with van der Waals surface area (Å²) in [5, 5.41) is 11.3. The minimum Gasteiger partial charge on any atom is -0.355 e. The molecule has 2 unspecified atom stereocenters. The van der Waals surface area contributed by atoms with E-state index in [9.17, 15) is 4.79 Å². The van der Waals surface area contributed by atoms with E-state index in [2.05, 4.69) is 32.2 Å². The predicted molar refractivity (Wildman–Crippen MR) is 64.5 cm³/mol. The van der Waals surface area contributed by atoms with Crippen molar-refractivity contribution in [1.82, 2.24) is 5.32 Å². The number of carbonyl (C=O) groups excluding carboxylic acids is 1. The van der Waals surface area contributed by atoms with Crippen LogP contribution < -0.4 is 11.1 Å². The van der Waals surface area contributed by atoms with Crippen molar-refractivity contribution in [3.05, 3.63) is 0 Å². The monoisotopic (exact) mass is 225 g/mol. The third kappa shape index (κ3) is 8.25. The molecule has 0 saturated carbocycles. The smallest absolute Gasteiger partial charge is 0.221 e. The highest BCUT2D eigenvalue weighted by Gasteiger charge is 2.18. The number of nitrogens with one attached hydrogen (secondary N) is 1. The SMILES string of the molecule is CC(C#N)CNC(=O)CC(N)CC(C)(C)C. The van der Waals surface area contributed by atoms with E-state index in [0.717, 1.165) is 6.42 Å². The second-order valence-electron chi connectivity index (χ2n) is 5.56. The van der Waals surface area contributed by atoms with Crippen molar-refractivity contribution in [2.24, 2.45) is 17.1 Å². The summed E-state index contributed by atoms with van der Waals surface area (Å²) in [6.07, 6.45) is 1.14. The number of nitrogens with zero attached hydrogens (tertiary/aromatic N) is 1. The van der Waals surface area contributed by atoms with Crippen LogP contribution in [-0.2, 0) is 4.79 Å². The highest BCUT2D eigenvalue weighted by atomic mass is 16.1. The van der Waals surface area contributed by atoms with Crippen LogP contribution in [0, 0.1) is 22.7 Å². The Morgan fingerprint density at radius 3 is 2.50 bits per heavy atom. The van der Waals surface area contributed by atoms with Crippen LogP contribution in [0.25, 0.3) is 0 Å². The van der Waals surface area contributed by atoms with Crippen molar-refractivity contribution in [3.63, 3.8) is 0 Å². The van der Waals surface area contributed by atoms with Crippen molar-refractivity contribution >= 4 is 5.91 Å². The van der Waals surface area contributed by atoms with Gasteiger partial charge in [-0.15, -0.1) is 0 Å². The highest BCUT2D eigenvalue weighted by Crippen LogP contribution is 2.20. The van der Waals surface area contributed by atoms with Crippen LogP contribution in [0.1, 0.15) is 40.5 Å². The van der Waals surface area contributed by atoms with E-state index in [1.165, 1.54) is 0 Å². The molecule has 0 fully saturated rings. The van der Waals surface area contributed by atoms with Crippen molar-refractivity contribution in [2.45, 2.75) is 46.6 Å². The molecule has 0 spiro atoms. The molecule has 2 atom stereocenters. The zero-order chi connectivity index (χ0) is 12.8. The van der Waals surface area contributed by atoms with E-state index in [0.29, 0.717) is 13.0 Å². The number of hydrogen-bond donors (Lipinski definition) is 2. The standard InChI is InChI=1S/C12H23N3O/c1-9(7-13)8-15-11(16)5-10(14)6-12(2,3)4/h9-10H,5-6,8,14H2,1-4H3,(H,15,16). The van der Waals surface area contributed by atoms with Gasteiger partial charge in [0.2, 0.25) is 5.91 Å². The van der Waals surface area contributed by atoms with Crippen molar-refractivity contribution in [2.75, 3.05) is 6.54 Å². The molecule has 16 heavy (non-hydrogen) atoms. The van der Waals surface area contributed by atoms with Gasteiger partial charge in [-0.2, -0.15) is 5.26 Å². The van der Waals surface area contributed by atoms with Gasteiger partial charge in [0.05, 0.1) is 12.0 Å². The Kier molecular flexibility index (Phi) is 6.05. The minimum absolute atomic E-state index is 0.0705. The molecular formula is C12H23N3O. The number of rotatable bonds is 5. The normalized spacial score (nSPS) is 15.0. The number of nitrogens with two attached hydrogens (primary N) is 1. The first-order valence-corrected chi connectivity index (χ1v) is 5.66. The van der Waals surface area contributed by atoms with E-state index in [1.807, 2.05) is 0 Å². The average molecular weight is 225 g/mol. The topological polar surface area (TPSA) is 78.9 Å². The summed E-state index contributed by atoms with van der Waals surface area (Å²) in [6.45, 7) is 8.47. The Morgan fingerprint density at radius 2 is 2.06 bits per heavy atom. The molecule has 0 saturated heterocycles. The predicted octanol–water partition coefficient (Wildman–Crippen LogP) is 1.42. The molecule has 3 N–H and O–H groups in total. The van der Waals surface area contributed by atoms with E-state index < -0.39 is 0 Å². The molecule has 92 valence electrons. The van der Waals surface area contributed by atoms with Crippen LogP contribution in [0.15, 0.2) is 0 Å². The van der Waals surface area contributed by atoms with Crippen molar-refractivity contribution < 1.29 is 4.79 Å². The summed E-state index contributed by atoms with van der Waals surface area (Å²) in [4.78, 5) is 11.5. The summed E-state index contributed by atoms with van der Waals surface area (Å²) in [7, 11) is 0. The van der Waals surface area contributed by atoms with Gasteiger partial charge in [-0.05, 0) is 18.8 Å². The zero-order valence-electron chi connectivity index (χ0n) is 10.7. The molecule has 1 amide bonds. The van der Waals surface area contributed by atoms with Crippen LogP contribution in [-0.4, -0.2) is 18.5 Å². The second kappa shape index (κ2) is 6.49. The van der Waals surface area contributed by atoms with Gasteiger partial charge in [-0.25, -0.2) is 0 Å². The number of carbonyl (C=O) groups is 1. The van der Waals surface area contributed by atoms with Gasteiger partial charge in [0, 0.05) is 19.0 Å². The summed E-state index contributed by atoms with van der Waals surface area (Å²) < 4.78 is 0. The molecule has 0 bridgehead atoms. The molecule has 0 aromatic heterocycles. The minimum atomic E-state index is -0.150. The molecule has 0 radical (unpaired) electrons. The molecule has 0 aliphatic heterocycles. The van der Waals surface area contributed by atoms with Gasteiger partial charge in [-0.1, -0.05) is 20.8 Å². The molecule has 0 aliphatic carbocycles. The largest absolute Gasteiger partial charge is 0.355 e. The Bertz CT molecular complexity index is 262. The molecule has 4 nitrogen and oxygen atoms in total. The molecular weight excluding hydrogens is 202 g/mol. The third-order valence-corrected chi connectivity index (χ3v) is 2.15. The second-order valence-corrected chi connectivity index (χ2v) is 5.56. The lowest BCUT2D eigenvalue weighted by Gasteiger charge is -2.22. The molecule has 0 aromatic rings. The Labute approximate surface area is 98.2 Å². The summed E-state index contributed by atoms with van der Waals surface area (Å²) >= 11 is 0. The molecule has 0 aromatic carbocycles. The van der Waals surface area contributed by atoms with Crippen molar-refractivity contribution in [1.29, 1.82) is 5.26 Å². The summed E-state index contributed by atoms with van der Waals surface area (Å²) in [5.74, 6) is -0.221. The number of nitriles is 1. The maximum Gasteiger partial charge on any atom is 0.221 e. The Hall–Kier alpha value is -1.08. The highest BCUT2D eigenvalue weighted by molar-refractivity contribution is 5.76. The van der Waals surface area contributed by atoms with Gasteiger partial charge in [0.25, 0.3) is 0 Å². The van der Waals surface area contributed by atoms with Crippen molar-refractivity contribution in [3.8, 4) is 6.07 Å². The van der Waals surface area contributed by atoms with Crippen LogP contribution >= 0.6 is 0 Å². The number of amides is 1. The summed E-state index contributed by atoms with van der Waals surface area (Å²) in [6, 6.07) is 1.95. The Morgan fingerprint density at radius 1 is 1.50 bits per heavy atom. The lowest BCUT2D eigenvalue weighted by molar-refractivity contribution is -0.121. The first-order valence-electron chi connectivity index (χ1n) is 5.66. The maximum atomic E-state index is 11.5. The van der Waals surface area contributed by atoms with Crippen LogP contribution in [0.4, 0.5) is 0 Å². The maximum absolute atomic E-state index is 11.5. The van der Waals surface area contributed by atoms with E-state index in [-0.39, 0.29) is 23.3 Å². The van der Waals surface area contributed by atoms with Gasteiger partial charge >= 0.3 is 0 Å².